The average Bonchev–Trinajstić information content (AvgIpc) is 2.24. The van der Waals surface area contributed by atoms with Crippen LogP contribution in [0, 0.1) is 6.92 Å². The number of nitrogens with zero attached hydrogens (tertiary/aromatic N) is 1. The van der Waals surface area contributed by atoms with Crippen LogP contribution in [0.1, 0.15) is 18.3 Å². The van der Waals surface area contributed by atoms with Crippen LogP contribution in [0.25, 0.3) is 6.08 Å². The van der Waals surface area contributed by atoms with Gasteiger partial charge in [-0.3, -0.25) is 4.98 Å². The van der Waals surface area contributed by atoms with E-state index in [-0.39, 0.29) is 0 Å². The number of pyridine rings is 1. The first-order valence-corrected chi connectivity index (χ1v) is 5.24. The molecule has 0 amide bonds. The number of rotatable bonds is 4. The second-order valence-electron chi connectivity index (χ2n) is 3.68. The van der Waals surface area contributed by atoms with Crippen molar-refractivity contribution in [3.05, 3.63) is 47.8 Å². The summed E-state index contributed by atoms with van der Waals surface area (Å²) in [5.41, 5.74) is 1.84. The summed E-state index contributed by atoms with van der Waals surface area (Å²) in [6.45, 7) is 3.48. The summed E-state index contributed by atoms with van der Waals surface area (Å²) in [7, 11) is 0. The fourth-order valence-corrected chi connectivity index (χ4v) is 1.15. The molecule has 0 aromatic carbocycles. The molecule has 1 rings (SSSR count). The highest BCUT2D eigenvalue weighted by Crippen LogP contribution is 2.01. The number of allylic oxidation sites excluding steroid dienone is 2. The number of hydrogen-bond donors (Lipinski definition) is 2. The van der Waals surface area contributed by atoms with Crippen molar-refractivity contribution >= 4 is 6.08 Å². The van der Waals surface area contributed by atoms with E-state index < -0.39 is 12.2 Å². The summed E-state index contributed by atoms with van der Waals surface area (Å²) in [5.74, 6) is 0. The van der Waals surface area contributed by atoms with Gasteiger partial charge >= 0.3 is 0 Å². The molecule has 2 N–H and O–H groups in total. The predicted molar refractivity (Wildman–Crippen MR) is 64.8 cm³/mol. The lowest BCUT2D eigenvalue weighted by Gasteiger charge is -2.06. The molecular weight excluding hydrogens is 202 g/mol. The summed E-state index contributed by atoms with van der Waals surface area (Å²) < 4.78 is 0. The lowest BCUT2D eigenvalue weighted by molar-refractivity contribution is 0.0619. The van der Waals surface area contributed by atoms with Gasteiger partial charge in [0.15, 0.2) is 0 Å². The zero-order chi connectivity index (χ0) is 12.0. The van der Waals surface area contributed by atoms with E-state index in [2.05, 4.69) is 4.98 Å². The molecule has 1 aromatic rings. The van der Waals surface area contributed by atoms with Gasteiger partial charge in [-0.15, -0.1) is 0 Å². The Morgan fingerprint density at radius 1 is 1.25 bits per heavy atom. The highest BCUT2D eigenvalue weighted by Gasteiger charge is 2.04. The molecule has 0 radical (unpaired) electrons. The van der Waals surface area contributed by atoms with Crippen LogP contribution >= 0.6 is 0 Å². The van der Waals surface area contributed by atoms with Crippen LogP contribution in [0.5, 0.6) is 0 Å². The Labute approximate surface area is 95.8 Å². The van der Waals surface area contributed by atoms with Crippen LogP contribution in [-0.2, 0) is 0 Å². The van der Waals surface area contributed by atoms with Gasteiger partial charge in [0.05, 0.1) is 17.9 Å². The van der Waals surface area contributed by atoms with Crippen molar-refractivity contribution in [3.63, 3.8) is 0 Å². The third-order valence-electron chi connectivity index (χ3n) is 2.09. The smallest absolute Gasteiger partial charge is 0.0980 e. The summed E-state index contributed by atoms with van der Waals surface area (Å²) in [5, 5.41) is 18.3. The van der Waals surface area contributed by atoms with E-state index >= 15 is 0 Å². The fraction of sp³-hybridized carbons (Fsp3) is 0.308. The maximum Gasteiger partial charge on any atom is 0.0980 e. The maximum absolute atomic E-state index is 9.28. The molecule has 0 aliphatic rings. The monoisotopic (exact) mass is 219 g/mol. The topological polar surface area (TPSA) is 53.4 Å². The Morgan fingerprint density at radius 2 is 2.00 bits per heavy atom. The Kier molecular flexibility index (Phi) is 4.89. The van der Waals surface area contributed by atoms with E-state index in [1.165, 1.54) is 6.08 Å². The van der Waals surface area contributed by atoms with Crippen molar-refractivity contribution in [2.45, 2.75) is 26.1 Å². The van der Waals surface area contributed by atoms with Crippen LogP contribution in [0.2, 0.25) is 0 Å². The van der Waals surface area contributed by atoms with Crippen molar-refractivity contribution in [2.75, 3.05) is 0 Å². The number of aromatic nitrogens is 1. The second kappa shape index (κ2) is 6.20. The average molecular weight is 219 g/mol. The molecule has 1 aromatic heterocycles. The van der Waals surface area contributed by atoms with Gasteiger partial charge in [0.2, 0.25) is 0 Å². The molecule has 0 bridgehead atoms. The molecule has 1 heterocycles. The highest BCUT2D eigenvalue weighted by atomic mass is 16.3. The molecule has 3 nitrogen and oxygen atoms in total. The van der Waals surface area contributed by atoms with Crippen LogP contribution in [0.15, 0.2) is 36.4 Å². The normalized spacial score (nSPS) is 15.8. The zero-order valence-corrected chi connectivity index (χ0v) is 9.54. The summed E-state index contributed by atoms with van der Waals surface area (Å²) in [4.78, 5) is 4.29. The van der Waals surface area contributed by atoms with Crippen LogP contribution < -0.4 is 0 Å². The molecule has 0 saturated heterocycles. The molecule has 0 spiro atoms. The van der Waals surface area contributed by atoms with Crippen LogP contribution in [-0.4, -0.2) is 27.4 Å². The van der Waals surface area contributed by atoms with E-state index in [1.54, 1.807) is 19.1 Å². The number of aliphatic hydroxyl groups excluding tert-OH is 2. The molecule has 0 saturated carbocycles. The number of aryl methyl sites for hydroxylation is 1. The molecule has 0 unspecified atom stereocenters. The third-order valence-corrected chi connectivity index (χ3v) is 2.09. The standard InChI is InChI=1S/C13H17NO2/c1-10-6-5-8-12(14-10)7-3-4-9-13(16)11(2)15/h3-9,11,13,15-16H,1-2H3/b7-3+,9-4+/t11-,13-/m1/s1. The first-order valence-electron chi connectivity index (χ1n) is 5.24. The minimum absolute atomic E-state index is 0.748. The third kappa shape index (κ3) is 4.38. The predicted octanol–water partition coefficient (Wildman–Crippen LogP) is 1.70. The quantitative estimate of drug-likeness (QED) is 0.758. The maximum atomic E-state index is 9.28. The van der Waals surface area contributed by atoms with Gasteiger partial charge in [-0.2, -0.15) is 0 Å². The number of hydrogen-bond acceptors (Lipinski definition) is 3. The van der Waals surface area contributed by atoms with Crippen LogP contribution in [0.3, 0.4) is 0 Å². The van der Waals surface area contributed by atoms with Gasteiger partial charge in [-0.25, -0.2) is 0 Å². The minimum atomic E-state index is -0.824. The van der Waals surface area contributed by atoms with Gasteiger partial charge in [0, 0.05) is 5.69 Å². The molecule has 0 aliphatic heterocycles. The first kappa shape index (κ1) is 12.6. The van der Waals surface area contributed by atoms with Crippen molar-refractivity contribution in [1.82, 2.24) is 4.98 Å². The fourth-order valence-electron chi connectivity index (χ4n) is 1.15. The molecule has 86 valence electrons. The van der Waals surface area contributed by atoms with Gasteiger partial charge in [-0.05, 0) is 32.1 Å². The van der Waals surface area contributed by atoms with E-state index in [0.29, 0.717) is 0 Å². The van der Waals surface area contributed by atoms with Gasteiger partial charge in [0.1, 0.15) is 0 Å². The van der Waals surface area contributed by atoms with Crippen LogP contribution in [0.4, 0.5) is 0 Å². The Morgan fingerprint density at radius 3 is 2.62 bits per heavy atom. The van der Waals surface area contributed by atoms with Crippen molar-refractivity contribution in [1.29, 1.82) is 0 Å². The summed E-state index contributed by atoms with van der Waals surface area (Å²) >= 11 is 0. The van der Waals surface area contributed by atoms with Crippen molar-refractivity contribution in [2.24, 2.45) is 0 Å². The van der Waals surface area contributed by atoms with Gasteiger partial charge in [0.25, 0.3) is 0 Å². The highest BCUT2D eigenvalue weighted by molar-refractivity contribution is 5.46. The minimum Gasteiger partial charge on any atom is -0.390 e. The van der Waals surface area contributed by atoms with Gasteiger partial charge in [-0.1, -0.05) is 24.3 Å². The molecular formula is C13H17NO2. The lowest BCUT2D eigenvalue weighted by atomic mass is 10.2. The Hall–Kier alpha value is -1.45. The molecule has 2 atom stereocenters. The second-order valence-corrected chi connectivity index (χ2v) is 3.68. The Balaban J connectivity index is 2.55. The largest absolute Gasteiger partial charge is 0.390 e. The van der Waals surface area contributed by atoms with Gasteiger partial charge < -0.3 is 10.2 Å². The van der Waals surface area contributed by atoms with Crippen molar-refractivity contribution < 1.29 is 10.2 Å². The van der Waals surface area contributed by atoms with E-state index in [4.69, 9.17) is 5.11 Å². The Bertz CT molecular complexity index is 383. The van der Waals surface area contributed by atoms with E-state index in [0.717, 1.165) is 11.4 Å². The molecule has 3 heteroatoms. The van der Waals surface area contributed by atoms with Crippen molar-refractivity contribution in [3.8, 4) is 0 Å². The van der Waals surface area contributed by atoms with E-state index in [9.17, 15) is 5.11 Å². The first-order chi connectivity index (χ1) is 7.59. The molecule has 0 fully saturated rings. The zero-order valence-electron chi connectivity index (χ0n) is 9.54. The molecule has 0 aliphatic carbocycles. The summed E-state index contributed by atoms with van der Waals surface area (Å²) in [6, 6.07) is 5.78. The summed E-state index contributed by atoms with van der Waals surface area (Å²) in [6.07, 6.45) is 5.29. The number of aliphatic hydroxyl groups is 2. The van der Waals surface area contributed by atoms with E-state index in [1.807, 2.05) is 31.2 Å². The molecule has 16 heavy (non-hydrogen) atoms. The lowest BCUT2D eigenvalue weighted by Crippen LogP contribution is -2.19. The SMILES string of the molecule is Cc1cccc(/C=C/C=C/[C@@H](O)[C@@H](C)O)n1.